The first-order chi connectivity index (χ1) is 8.97. The van der Waals surface area contributed by atoms with Gasteiger partial charge >= 0.3 is 11.5 Å². The molecule has 0 atom stereocenters. The molecular formula is C11H10N4O4. The second-order valence-corrected chi connectivity index (χ2v) is 3.75. The van der Waals surface area contributed by atoms with Crippen molar-refractivity contribution >= 4 is 5.97 Å². The zero-order chi connectivity index (χ0) is 14.0. The van der Waals surface area contributed by atoms with Crippen LogP contribution in [0, 0.1) is 13.8 Å². The summed E-state index contributed by atoms with van der Waals surface area (Å²) in [6.45, 7) is 3.26. The van der Waals surface area contributed by atoms with E-state index in [1.807, 2.05) is 0 Å². The van der Waals surface area contributed by atoms with E-state index < -0.39 is 11.5 Å². The predicted octanol–water partition coefficient (Wildman–Crippen LogP) is 0.667. The fourth-order valence-corrected chi connectivity index (χ4v) is 1.34. The van der Waals surface area contributed by atoms with Gasteiger partial charge in [-0.1, -0.05) is 0 Å². The average molecular weight is 262 g/mol. The molecule has 2 aromatic rings. The smallest absolute Gasteiger partial charge is 0.373 e. The summed E-state index contributed by atoms with van der Waals surface area (Å²) in [5.74, 6) is -1.31. The van der Waals surface area contributed by atoms with Gasteiger partial charge in [-0.15, -0.1) is 0 Å². The molecule has 0 saturated carbocycles. The van der Waals surface area contributed by atoms with Gasteiger partial charge in [-0.05, 0) is 13.8 Å². The number of aromatic nitrogens is 4. The molecule has 0 fully saturated rings. The highest BCUT2D eigenvalue weighted by Crippen LogP contribution is 2.20. The number of hydrogen-bond donors (Lipinski definition) is 2. The molecule has 0 saturated heterocycles. The minimum Gasteiger partial charge on any atom is -0.475 e. The Morgan fingerprint density at radius 2 is 2.11 bits per heavy atom. The third-order valence-corrected chi connectivity index (χ3v) is 2.24. The van der Waals surface area contributed by atoms with Crippen molar-refractivity contribution < 1.29 is 14.6 Å². The molecule has 8 heteroatoms. The number of nitrogens with zero attached hydrogens (tertiary/aromatic N) is 3. The van der Waals surface area contributed by atoms with Crippen molar-refractivity contribution in [2.24, 2.45) is 0 Å². The Morgan fingerprint density at radius 3 is 2.74 bits per heavy atom. The molecule has 0 bridgehead atoms. The van der Waals surface area contributed by atoms with Gasteiger partial charge in [0, 0.05) is 6.07 Å². The Bertz CT molecular complexity index is 695. The van der Waals surface area contributed by atoms with E-state index in [0.29, 0.717) is 11.4 Å². The molecule has 2 heterocycles. The number of carboxylic acids is 1. The normalized spacial score (nSPS) is 10.2. The van der Waals surface area contributed by atoms with Gasteiger partial charge in [0.15, 0.2) is 11.5 Å². The fourth-order valence-electron chi connectivity index (χ4n) is 1.34. The molecule has 0 amide bonds. The molecule has 98 valence electrons. The van der Waals surface area contributed by atoms with Crippen LogP contribution in [0.4, 0.5) is 0 Å². The highest BCUT2D eigenvalue weighted by Gasteiger charge is 2.12. The number of ether oxygens (including phenoxy) is 1. The zero-order valence-corrected chi connectivity index (χ0v) is 10.2. The topological polar surface area (TPSA) is 118 Å². The van der Waals surface area contributed by atoms with Gasteiger partial charge in [-0.3, -0.25) is 4.79 Å². The van der Waals surface area contributed by atoms with Gasteiger partial charge in [-0.2, -0.15) is 5.10 Å². The van der Waals surface area contributed by atoms with Gasteiger partial charge in [0.1, 0.15) is 0 Å². The van der Waals surface area contributed by atoms with Crippen LogP contribution in [-0.2, 0) is 0 Å². The largest absolute Gasteiger partial charge is 0.475 e. The molecule has 19 heavy (non-hydrogen) atoms. The summed E-state index contributed by atoms with van der Waals surface area (Å²) in [6.07, 6.45) is 1.21. The van der Waals surface area contributed by atoms with Crippen LogP contribution >= 0.6 is 0 Å². The van der Waals surface area contributed by atoms with Crippen LogP contribution in [-0.4, -0.2) is 31.2 Å². The standard InChI is InChI=1S/C11H10N4O4/c1-5-3-7(10(16)15-14-5)19-8-4-12-9(11(17)18)13-6(8)2/h3-4H,1-2H3,(H,15,16)(H,17,18). The van der Waals surface area contributed by atoms with E-state index >= 15 is 0 Å². The molecule has 0 spiro atoms. The summed E-state index contributed by atoms with van der Waals surface area (Å²) in [5, 5.41) is 14.7. The van der Waals surface area contributed by atoms with Crippen molar-refractivity contribution in [2.75, 3.05) is 0 Å². The molecule has 2 aromatic heterocycles. The Kier molecular flexibility index (Phi) is 3.23. The van der Waals surface area contributed by atoms with Crippen molar-refractivity contribution in [3.8, 4) is 11.5 Å². The third-order valence-electron chi connectivity index (χ3n) is 2.24. The lowest BCUT2D eigenvalue weighted by Crippen LogP contribution is -2.12. The van der Waals surface area contributed by atoms with Gasteiger partial charge in [-0.25, -0.2) is 19.9 Å². The molecule has 2 N–H and O–H groups in total. The first-order valence-corrected chi connectivity index (χ1v) is 5.28. The monoisotopic (exact) mass is 262 g/mol. The third kappa shape index (κ3) is 2.73. The molecular weight excluding hydrogens is 252 g/mol. The Morgan fingerprint density at radius 1 is 1.37 bits per heavy atom. The lowest BCUT2D eigenvalue weighted by atomic mass is 10.3. The SMILES string of the molecule is Cc1cc(Oc2cnc(C(=O)O)nc2C)c(=O)[nH]n1. The molecule has 0 unspecified atom stereocenters. The van der Waals surface area contributed by atoms with Crippen LogP contribution in [0.2, 0.25) is 0 Å². The Balaban J connectivity index is 2.36. The molecule has 0 aromatic carbocycles. The molecule has 8 nitrogen and oxygen atoms in total. The highest BCUT2D eigenvalue weighted by molar-refractivity contribution is 5.83. The van der Waals surface area contributed by atoms with E-state index in [1.165, 1.54) is 12.3 Å². The second-order valence-electron chi connectivity index (χ2n) is 3.75. The van der Waals surface area contributed by atoms with E-state index in [9.17, 15) is 9.59 Å². The summed E-state index contributed by atoms with van der Waals surface area (Å²) >= 11 is 0. The molecule has 0 aliphatic carbocycles. The summed E-state index contributed by atoms with van der Waals surface area (Å²) in [4.78, 5) is 29.6. The van der Waals surface area contributed by atoms with E-state index in [2.05, 4.69) is 20.2 Å². The summed E-state index contributed by atoms with van der Waals surface area (Å²) in [5.41, 5.74) is 0.406. The van der Waals surface area contributed by atoms with E-state index in [0.717, 1.165) is 0 Å². The van der Waals surface area contributed by atoms with Crippen LogP contribution in [0.5, 0.6) is 11.5 Å². The van der Waals surface area contributed by atoms with Crippen molar-refractivity contribution in [3.63, 3.8) is 0 Å². The Labute approximate surface area is 107 Å². The van der Waals surface area contributed by atoms with Crippen LogP contribution in [0.15, 0.2) is 17.1 Å². The first-order valence-electron chi connectivity index (χ1n) is 5.28. The molecule has 0 radical (unpaired) electrons. The van der Waals surface area contributed by atoms with Crippen LogP contribution in [0.1, 0.15) is 22.0 Å². The lowest BCUT2D eigenvalue weighted by molar-refractivity contribution is 0.0683. The van der Waals surface area contributed by atoms with Crippen LogP contribution < -0.4 is 10.3 Å². The summed E-state index contributed by atoms with van der Waals surface area (Å²) < 4.78 is 5.35. The number of carbonyl (C=O) groups is 1. The Hall–Kier alpha value is -2.77. The maximum atomic E-state index is 11.5. The quantitative estimate of drug-likeness (QED) is 0.834. The van der Waals surface area contributed by atoms with E-state index in [4.69, 9.17) is 9.84 Å². The summed E-state index contributed by atoms with van der Waals surface area (Å²) in [7, 11) is 0. The van der Waals surface area contributed by atoms with Crippen LogP contribution in [0.25, 0.3) is 0 Å². The molecule has 0 aliphatic rings. The zero-order valence-electron chi connectivity index (χ0n) is 10.2. The highest BCUT2D eigenvalue weighted by atomic mass is 16.5. The minimum atomic E-state index is -1.23. The second kappa shape index (κ2) is 4.84. The number of H-pyrrole nitrogens is 1. The fraction of sp³-hybridized carbons (Fsp3) is 0.182. The van der Waals surface area contributed by atoms with Crippen molar-refractivity contribution in [2.45, 2.75) is 13.8 Å². The number of aryl methyl sites for hydroxylation is 2. The molecule has 0 aliphatic heterocycles. The van der Waals surface area contributed by atoms with Gasteiger partial charge in [0.25, 0.3) is 0 Å². The molecule has 2 rings (SSSR count). The number of carboxylic acid groups (broad SMARTS) is 1. The van der Waals surface area contributed by atoms with Gasteiger partial charge in [0.05, 0.1) is 17.6 Å². The van der Waals surface area contributed by atoms with Gasteiger partial charge in [0.2, 0.25) is 5.82 Å². The van der Waals surface area contributed by atoms with Crippen molar-refractivity contribution in [1.82, 2.24) is 20.2 Å². The van der Waals surface area contributed by atoms with Crippen molar-refractivity contribution in [3.05, 3.63) is 39.8 Å². The number of hydrogen-bond acceptors (Lipinski definition) is 6. The maximum Gasteiger partial charge on any atom is 0.373 e. The predicted molar refractivity (Wildman–Crippen MR) is 63.4 cm³/mol. The number of aromatic amines is 1. The summed E-state index contributed by atoms with van der Waals surface area (Å²) in [6, 6.07) is 1.46. The first kappa shape index (κ1) is 12.7. The van der Waals surface area contributed by atoms with Gasteiger partial charge < -0.3 is 9.84 Å². The average Bonchev–Trinajstić information content (AvgIpc) is 2.36. The van der Waals surface area contributed by atoms with E-state index in [1.54, 1.807) is 13.8 Å². The number of nitrogens with one attached hydrogen (secondary N) is 1. The number of aromatic carboxylic acids is 1. The van der Waals surface area contributed by atoms with Crippen LogP contribution in [0.3, 0.4) is 0 Å². The lowest BCUT2D eigenvalue weighted by Gasteiger charge is -2.07. The minimum absolute atomic E-state index is 0.0438. The maximum absolute atomic E-state index is 11.5. The van der Waals surface area contributed by atoms with Crippen molar-refractivity contribution in [1.29, 1.82) is 0 Å². The number of rotatable bonds is 3. The van der Waals surface area contributed by atoms with E-state index in [-0.39, 0.29) is 17.3 Å².